The highest BCUT2D eigenvalue weighted by Gasteiger charge is 2.21. The van der Waals surface area contributed by atoms with Crippen molar-refractivity contribution >= 4 is 39.1 Å². The van der Waals surface area contributed by atoms with E-state index in [1.165, 1.54) is 13.2 Å². The molecule has 0 saturated carbocycles. The van der Waals surface area contributed by atoms with Crippen LogP contribution in [0.25, 0.3) is 27.6 Å². The first-order chi connectivity index (χ1) is 16.5. The van der Waals surface area contributed by atoms with Gasteiger partial charge in [-0.1, -0.05) is 36.4 Å². The fourth-order valence-electron chi connectivity index (χ4n) is 4.37. The van der Waals surface area contributed by atoms with Gasteiger partial charge in [0.15, 0.2) is 11.0 Å². The number of fused-ring (bicyclic) bond motifs is 2. The van der Waals surface area contributed by atoms with Gasteiger partial charge in [0, 0.05) is 25.0 Å². The van der Waals surface area contributed by atoms with Gasteiger partial charge in [0.05, 0.1) is 29.4 Å². The van der Waals surface area contributed by atoms with E-state index in [2.05, 4.69) is 0 Å². The molecule has 34 heavy (non-hydrogen) atoms. The molecule has 5 rings (SSSR count). The number of rotatable bonds is 5. The lowest BCUT2D eigenvalue weighted by Crippen LogP contribution is -2.20. The molecule has 0 aliphatic carbocycles. The summed E-state index contributed by atoms with van der Waals surface area (Å²) in [6, 6.07) is 20.6. The van der Waals surface area contributed by atoms with Gasteiger partial charge in [0.1, 0.15) is 0 Å². The molecule has 0 radical (unpaired) electrons. The second-order valence-electron chi connectivity index (χ2n) is 8.16. The predicted molar refractivity (Wildman–Crippen MR) is 135 cm³/mol. The van der Waals surface area contributed by atoms with Crippen molar-refractivity contribution in [3.8, 4) is 5.88 Å². The molecule has 0 unspecified atom stereocenters. The summed E-state index contributed by atoms with van der Waals surface area (Å²) >= 11 is 0. The molecular formula is C28H24N2O4. The zero-order valence-electron chi connectivity index (χ0n) is 19.2. The normalized spacial score (nSPS) is 11.1. The lowest BCUT2D eigenvalue weighted by molar-refractivity contribution is 0.0601. The molecule has 0 saturated heterocycles. The Labute approximate surface area is 196 Å². The van der Waals surface area contributed by atoms with Crippen molar-refractivity contribution in [1.82, 2.24) is 4.57 Å². The maximum absolute atomic E-state index is 13.2. The molecule has 6 heteroatoms. The first-order valence-corrected chi connectivity index (χ1v) is 11.1. The van der Waals surface area contributed by atoms with Crippen LogP contribution in [-0.4, -0.2) is 24.2 Å². The number of methoxy groups -OCH3 is 1. The molecule has 0 N–H and O–H groups in total. The molecule has 2 heterocycles. The summed E-state index contributed by atoms with van der Waals surface area (Å²) in [6.45, 7) is 4.48. The number of nitrogens with zero attached hydrogens (tertiary/aromatic N) is 2. The number of ether oxygens (including phenoxy) is 1. The highest BCUT2D eigenvalue weighted by Crippen LogP contribution is 2.35. The van der Waals surface area contributed by atoms with Gasteiger partial charge >= 0.3 is 5.97 Å². The summed E-state index contributed by atoms with van der Waals surface area (Å²) in [4.78, 5) is 27.6. The molecule has 5 aromatic rings. The Kier molecular flexibility index (Phi) is 5.42. The van der Waals surface area contributed by atoms with E-state index in [1.807, 2.05) is 84.2 Å². The Morgan fingerprint density at radius 1 is 0.971 bits per heavy atom. The number of hydrogen-bond acceptors (Lipinski definition) is 5. The van der Waals surface area contributed by atoms with Crippen LogP contribution < -0.4 is 10.3 Å². The van der Waals surface area contributed by atoms with Crippen molar-refractivity contribution < 1.29 is 13.9 Å². The van der Waals surface area contributed by atoms with E-state index in [0.717, 1.165) is 16.3 Å². The lowest BCUT2D eigenvalue weighted by atomic mass is 10.1. The molecule has 0 atom stereocenters. The maximum atomic E-state index is 13.2. The standard InChI is InChI=1S/C28H24N2O4/c1-4-30(23-12-8-7-11-21(23)28(32)33-3)24-14-18(2)13-22-25(31)15-26(34-27(22)24)29-16-19-9-5-6-10-20(19)17-29/h5-17H,4H2,1-3H3. The number of esters is 1. The number of carbonyl (C=O) groups excluding carboxylic acids is 1. The monoisotopic (exact) mass is 452 g/mol. The van der Waals surface area contributed by atoms with Crippen LogP contribution >= 0.6 is 0 Å². The van der Waals surface area contributed by atoms with Crippen molar-refractivity contribution in [2.24, 2.45) is 0 Å². The first-order valence-electron chi connectivity index (χ1n) is 11.1. The average molecular weight is 453 g/mol. The number of aromatic nitrogens is 1. The predicted octanol–water partition coefficient (Wildman–Crippen LogP) is 5.99. The summed E-state index contributed by atoms with van der Waals surface area (Å²) in [5.41, 5.74) is 3.09. The minimum Gasteiger partial charge on any atom is -0.465 e. The van der Waals surface area contributed by atoms with Crippen molar-refractivity contribution in [3.63, 3.8) is 0 Å². The Hall–Kier alpha value is -4.32. The summed E-state index contributed by atoms with van der Waals surface area (Å²) < 4.78 is 13.2. The van der Waals surface area contributed by atoms with Crippen molar-refractivity contribution in [2.45, 2.75) is 13.8 Å². The molecular weight excluding hydrogens is 428 g/mol. The second kappa shape index (κ2) is 8.56. The average Bonchev–Trinajstić information content (AvgIpc) is 3.29. The molecule has 3 aromatic carbocycles. The van der Waals surface area contributed by atoms with E-state index in [4.69, 9.17) is 9.15 Å². The SMILES string of the molecule is CCN(c1ccccc1C(=O)OC)c1cc(C)cc2c(=O)cc(-n3cc4ccccc4c3)oc12. The highest BCUT2D eigenvalue weighted by atomic mass is 16.5. The Morgan fingerprint density at radius 2 is 1.65 bits per heavy atom. The molecule has 0 spiro atoms. The molecule has 170 valence electrons. The van der Waals surface area contributed by atoms with Crippen molar-refractivity contribution in [1.29, 1.82) is 0 Å². The summed E-state index contributed by atoms with van der Waals surface area (Å²) in [7, 11) is 1.36. The fraction of sp³-hybridized carbons (Fsp3) is 0.143. The zero-order chi connectivity index (χ0) is 23.8. The number of anilines is 2. The Balaban J connectivity index is 1.75. The number of hydrogen-bond donors (Lipinski definition) is 0. The Morgan fingerprint density at radius 3 is 2.32 bits per heavy atom. The number of aryl methyl sites for hydroxylation is 1. The third-order valence-corrected chi connectivity index (χ3v) is 5.95. The van der Waals surface area contributed by atoms with Gasteiger partial charge in [-0.15, -0.1) is 0 Å². The van der Waals surface area contributed by atoms with Gasteiger partial charge < -0.3 is 14.1 Å². The van der Waals surface area contributed by atoms with E-state index in [-0.39, 0.29) is 5.43 Å². The minimum absolute atomic E-state index is 0.128. The van der Waals surface area contributed by atoms with Crippen LogP contribution in [0.2, 0.25) is 0 Å². The Bertz CT molecular complexity index is 1560. The maximum Gasteiger partial charge on any atom is 0.339 e. The van der Waals surface area contributed by atoms with E-state index in [9.17, 15) is 9.59 Å². The zero-order valence-corrected chi connectivity index (χ0v) is 19.2. The molecule has 2 aromatic heterocycles. The van der Waals surface area contributed by atoms with Crippen LogP contribution in [0.5, 0.6) is 0 Å². The van der Waals surface area contributed by atoms with E-state index >= 15 is 0 Å². The molecule has 0 fully saturated rings. The van der Waals surface area contributed by atoms with Gasteiger partial charge in [0.2, 0.25) is 5.88 Å². The number of benzene rings is 3. The van der Waals surface area contributed by atoms with E-state index in [1.54, 1.807) is 12.1 Å². The van der Waals surface area contributed by atoms with Crippen LogP contribution in [0.15, 0.2) is 88.3 Å². The number of carbonyl (C=O) groups is 1. The van der Waals surface area contributed by atoms with Crippen LogP contribution in [0.1, 0.15) is 22.8 Å². The van der Waals surface area contributed by atoms with Crippen LogP contribution in [0.4, 0.5) is 11.4 Å². The quantitative estimate of drug-likeness (QED) is 0.307. The minimum atomic E-state index is -0.424. The van der Waals surface area contributed by atoms with E-state index in [0.29, 0.717) is 40.3 Å². The summed E-state index contributed by atoms with van der Waals surface area (Å²) in [5, 5.41) is 2.59. The van der Waals surface area contributed by atoms with Crippen molar-refractivity contribution in [3.05, 3.63) is 100 Å². The first kappa shape index (κ1) is 21.5. The molecule has 6 nitrogen and oxygen atoms in total. The second-order valence-corrected chi connectivity index (χ2v) is 8.16. The summed E-state index contributed by atoms with van der Waals surface area (Å²) in [5.74, 6) is 0.00305. The molecule has 0 bridgehead atoms. The third-order valence-electron chi connectivity index (χ3n) is 5.95. The topological polar surface area (TPSA) is 64.7 Å². The summed E-state index contributed by atoms with van der Waals surface area (Å²) in [6.07, 6.45) is 3.88. The van der Waals surface area contributed by atoms with Gasteiger partial charge in [-0.2, -0.15) is 0 Å². The van der Waals surface area contributed by atoms with E-state index < -0.39 is 5.97 Å². The van der Waals surface area contributed by atoms with Gasteiger partial charge in [-0.05, 0) is 54.4 Å². The van der Waals surface area contributed by atoms with Crippen LogP contribution in [0, 0.1) is 6.92 Å². The number of para-hydroxylation sites is 1. The van der Waals surface area contributed by atoms with Gasteiger partial charge in [-0.3, -0.25) is 9.36 Å². The molecule has 0 aliphatic rings. The highest BCUT2D eigenvalue weighted by molar-refractivity contribution is 5.99. The lowest BCUT2D eigenvalue weighted by Gasteiger charge is -2.26. The third kappa shape index (κ3) is 3.63. The smallest absolute Gasteiger partial charge is 0.339 e. The molecule has 0 aliphatic heterocycles. The van der Waals surface area contributed by atoms with Gasteiger partial charge in [0.25, 0.3) is 0 Å². The van der Waals surface area contributed by atoms with Crippen LogP contribution in [-0.2, 0) is 4.74 Å². The fourth-order valence-corrected chi connectivity index (χ4v) is 4.37. The van der Waals surface area contributed by atoms with Gasteiger partial charge in [-0.25, -0.2) is 4.79 Å². The molecule has 0 amide bonds. The van der Waals surface area contributed by atoms with Crippen molar-refractivity contribution in [2.75, 3.05) is 18.6 Å². The largest absolute Gasteiger partial charge is 0.465 e. The van der Waals surface area contributed by atoms with Crippen LogP contribution in [0.3, 0.4) is 0 Å².